The molecule has 1 heterocycles. The first-order valence-electron chi connectivity index (χ1n) is 7.34. The molecular formula is C14H29N3O. The first-order chi connectivity index (χ1) is 8.65. The molecule has 0 radical (unpaired) electrons. The fourth-order valence-electron chi connectivity index (χ4n) is 2.42. The molecule has 4 nitrogen and oxygen atoms in total. The zero-order valence-corrected chi connectivity index (χ0v) is 12.2. The lowest BCUT2D eigenvalue weighted by Crippen LogP contribution is -2.48. The predicted octanol–water partition coefficient (Wildman–Crippen LogP) is 2.30. The molecule has 1 fully saturated rings. The largest absolute Gasteiger partial charge is 0.331 e. The molecule has 0 aromatic heterocycles. The number of unbranched alkanes of at least 4 members (excludes halogenated alkanes) is 3. The quantitative estimate of drug-likeness (QED) is 0.739. The molecule has 0 atom stereocenters. The number of piperidine rings is 1. The number of hydrogen-bond acceptors (Lipinski definition) is 2. The lowest BCUT2D eigenvalue weighted by molar-refractivity contribution is 0.152. The number of carbonyl (C=O) groups excluding carboxylic acids is 1. The van der Waals surface area contributed by atoms with Gasteiger partial charge >= 0.3 is 6.03 Å². The van der Waals surface area contributed by atoms with Gasteiger partial charge in [-0.3, -0.25) is 0 Å². The molecule has 1 rings (SSSR count). The Kier molecular flexibility index (Phi) is 7.09. The molecule has 0 spiro atoms. The van der Waals surface area contributed by atoms with Crippen molar-refractivity contribution in [3.8, 4) is 0 Å². The van der Waals surface area contributed by atoms with E-state index in [2.05, 4.69) is 12.2 Å². The number of nitrogens with one attached hydrogen (secondary N) is 1. The molecule has 4 heteroatoms. The van der Waals surface area contributed by atoms with Gasteiger partial charge in [0.05, 0.1) is 0 Å². The predicted molar refractivity (Wildman–Crippen MR) is 75.8 cm³/mol. The summed E-state index contributed by atoms with van der Waals surface area (Å²) in [5.74, 6) is 0. The number of urea groups is 1. The molecule has 1 aliphatic heterocycles. The van der Waals surface area contributed by atoms with Gasteiger partial charge < -0.3 is 15.1 Å². The number of carbonyl (C=O) groups is 1. The average molecular weight is 255 g/mol. The van der Waals surface area contributed by atoms with Crippen LogP contribution in [0.15, 0.2) is 0 Å². The average Bonchev–Trinajstić information content (AvgIpc) is 2.38. The molecule has 0 unspecified atom stereocenters. The van der Waals surface area contributed by atoms with Gasteiger partial charge in [-0.2, -0.15) is 0 Å². The monoisotopic (exact) mass is 255 g/mol. The van der Waals surface area contributed by atoms with Crippen molar-refractivity contribution in [3.63, 3.8) is 0 Å². The standard InChI is InChI=1S/C14H29N3O/c1-4-5-6-7-10-15-13-8-11-17(12-9-13)14(18)16(2)3/h13,15H,4-12H2,1-3H3. The maximum atomic E-state index is 11.8. The second-order valence-corrected chi connectivity index (χ2v) is 5.45. The molecule has 0 aromatic carbocycles. The molecule has 18 heavy (non-hydrogen) atoms. The maximum absolute atomic E-state index is 11.8. The van der Waals surface area contributed by atoms with Crippen molar-refractivity contribution in [2.24, 2.45) is 0 Å². The summed E-state index contributed by atoms with van der Waals surface area (Å²) in [4.78, 5) is 15.4. The summed E-state index contributed by atoms with van der Waals surface area (Å²) in [7, 11) is 3.64. The van der Waals surface area contributed by atoms with Gasteiger partial charge in [-0.25, -0.2) is 4.79 Å². The first-order valence-corrected chi connectivity index (χ1v) is 7.34. The third kappa shape index (κ3) is 5.25. The Morgan fingerprint density at radius 2 is 1.89 bits per heavy atom. The third-order valence-electron chi connectivity index (χ3n) is 3.61. The number of rotatable bonds is 6. The Morgan fingerprint density at radius 3 is 2.44 bits per heavy atom. The highest BCUT2D eigenvalue weighted by Gasteiger charge is 2.22. The van der Waals surface area contributed by atoms with Gasteiger partial charge in [-0.1, -0.05) is 26.2 Å². The lowest BCUT2D eigenvalue weighted by Gasteiger charge is -2.34. The first kappa shape index (κ1) is 15.3. The summed E-state index contributed by atoms with van der Waals surface area (Å²) in [5.41, 5.74) is 0. The van der Waals surface area contributed by atoms with Gasteiger partial charge in [-0.15, -0.1) is 0 Å². The Labute approximate surface area is 112 Å². The van der Waals surface area contributed by atoms with E-state index in [1.807, 2.05) is 19.0 Å². The molecular weight excluding hydrogens is 226 g/mol. The smallest absolute Gasteiger partial charge is 0.319 e. The lowest BCUT2D eigenvalue weighted by atomic mass is 10.0. The number of hydrogen-bond donors (Lipinski definition) is 1. The van der Waals surface area contributed by atoms with Crippen molar-refractivity contribution in [3.05, 3.63) is 0 Å². The zero-order valence-electron chi connectivity index (χ0n) is 12.2. The van der Waals surface area contributed by atoms with Gasteiger partial charge in [0.1, 0.15) is 0 Å². The summed E-state index contributed by atoms with van der Waals surface area (Å²) >= 11 is 0. The summed E-state index contributed by atoms with van der Waals surface area (Å²) in [6.07, 6.45) is 7.44. The minimum Gasteiger partial charge on any atom is -0.331 e. The fourth-order valence-corrected chi connectivity index (χ4v) is 2.42. The fraction of sp³-hybridized carbons (Fsp3) is 0.929. The van der Waals surface area contributed by atoms with Crippen LogP contribution in [0.4, 0.5) is 4.79 Å². The summed E-state index contributed by atoms with van der Waals surface area (Å²) in [6.45, 7) is 5.16. The van der Waals surface area contributed by atoms with Crippen LogP contribution in [0.1, 0.15) is 45.4 Å². The Morgan fingerprint density at radius 1 is 1.22 bits per heavy atom. The van der Waals surface area contributed by atoms with Crippen molar-refractivity contribution >= 4 is 6.03 Å². The van der Waals surface area contributed by atoms with Crippen LogP contribution in [-0.2, 0) is 0 Å². The van der Waals surface area contributed by atoms with E-state index in [4.69, 9.17) is 0 Å². The SMILES string of the molecule is CCCCCCNC1CCN(C(=O)N(C)C)CC1. The number of likely N-dealkylation sites (tertiary alicyclic amines) is 1. The van der Waals surface area contributed by atoms with Gasteiger partial charge in [0.15, 0.2) is 0 Å². The Hall–Kier alpha value is -0.770. The van der Waals surface area contributed by atoms with Gasteiger partial charge in [-0.05, 0) is 25.8 Å². The number of nitrogens with zero attached hydrogens (tertiary/aromatic N) is 2. The van der Waals surface area contributed by atoms with E-state index in [1.54, 1.807) is 4.90 Å². The minimum atomic E-state index is 0.149. The van der Waals surface area contributed by atoms with E-state index >= 15 is 0 Å². The van der Waals surface area contributed by atoms with Crippen LogP contribution in [0.2, 0.25) is 0 Å². The molecule has 2 amide bonds. The minimum absolute atomic E-state index is 0.149. The van der Waals surface area contributed by atoms with E-state index in [9.17, 15) is 4.79 Å². The number of amides is 2. The molecule has 1 aliphatic rings. The van der Waals surface area contributed by atoms with Crippen LogP contribution in [0, 0.1) is 0 Å². The second-order valence-electron chi connectivity index (χ2n) is 5.45. The molecule has 106 valence electrons. The molecule has 0 aliphatic carbocycles. The van der Waals surface area contributed by atoms with Gasteiger partial charge in [0, 0.05) is 33.2 Å². The van der Waals surface area contributed by atoms with Gasteiger partial charge in [0.2, 0.25) is 0 Å². The van der Waals surface area contributed by atoms with Crippen LogP contribution in [-0.4, -0.2) is 55.6 Å². The van der Waals surface area contributed by atoms with E-state index in [0.717, 1.165) is 32.5 Å². The van der Waals surface area contributed by atoms with Crippen LogP contribution in [0.3, 0.4) is 0 Å². The van der Waals surface area contributed by atoms with E-state index in [1.165, 1.54) is 25.7 Å². The highest BCUT2D eigenvalue weighted by Crippen LogP contribution is 2.11. The van der Waals surface area contributed by atoms with Crippen LogP contribution < -0.4 is 5.32 Å². The van der Waals surface area contributed by atoms with Crippen molar-refractivity contribution in [1.82, 2.24) is 15.1 Å². The van der Waals surface area contributed by atoms with Gasteiger partial charge in [0.25, 0.3) is 0 Å². The molecule has 0 bridgehead atoms. The van der Waals surface area contributed by atoms with Crippen LogP contribution in [0.25, 0.3) is 0 Å². The zero-order chi connectivity index (χ0) is 13.4. The highest BCUT2D eigenvalue weighted by atomic mass is 16.2. The molecule has 1 N–H and O–H groups in total. The van der Waals surface area contributed by atoms with E-state index in [-0.39, 0.29) is 6.03 Å². The topological polar surface area (TPSA) is 35.6 Å². The molecule has 1 saturated heterocycles. The van der Waals surface area contributed by atoms with E-state index in [0.29, 0.717) is 6.04 Å². The van der Waals surface area contributed by atoms with E-state index < -0.39 is 0 Å². The van der Waals surface area contributed by atoms with Crippen molar-refractivity contribution in [2.75, 3.05) is 33.7 Å². The Balaban J connectivity index is 2.10. The van der Waals surface area contributed by atoms with Crippen molar-refractivity contribution in [1.29, 1.82) is 0 Å². The normalized spacial score (nSPS) is 16.9. The van der Waals surface area contributed by atoms with Crippen LogP contribution >= 0.6 is 0 Å². The second kappa shape index (κ2) is 8.35. The highest BCUT2D eigenvalue weighted by molar-refractivity contribution is 5.73. The third-order valence-corrected chi connectivity index (χ3v) is 3.61. The molecule has 0 aromatic rings. The summed E-state index contributed by atoms with van der Waals surface area (Å²) < 4.78 is 0. The Bertz CT molecular complexity index is 235. The molecule has 0 saturated carbocycles. The summed E-state index contributed by atoms with van der Waals surface area (Å²) in [6, 6.07) is 0.759. The maximum Gasteiger partial charge on any atom is 0.319 e. The van der Waals surface area contributed by atoms with Crippen LogP contribution in [0.5, 0.6) is 0 Å². The van der Waals surface area contributed by atoms with Crippen molar-refractivity contribution < 1.29 is 4.79 Å². The van der Waals surface area contributed by atoms with Crippen molar-refractivity contribution in [2.45, 2.75) is 51.5 Å². The summed E-state index contributed by atoms with van der Waals surface area (Å²) in [5, 5.41) is 3.62.